The quantitative estimate of drug-likeness (QED) is 0.192. The monoisotopic (exact) mass is 814 g/mol. The smallest absolute Gasteiger partial charge is 0.238 e. The van der Waals surface area contributed by atoms with Crippen molar-refractivity contribution in [1.29, 1.82) is 0 Å². The van der Waals surface area contributed by atoms with Gasteiger partial charge in [0.15, 0.2) is 11.5 Å². The molecule has 4 amide bonds. The summed E-state index contributed by atoms with van der Waals surface area (Å²) in [5.41, 5.74) is 2.68. The summed E-state index contributed by atoms with van der Waals surface area (Å²) in [6, 6.07) is 19.6. The average Bonchev–Trinajstić information content (AvgIpc) is 3.42. The lowest BCUT2D eigenvalue weighted by molar-refractivity contribution is -0.126. The third-order valence-electron chi connectivity index (χ3n) is 9.46. The lowest BCUT2D eigenvalue weighted by Crippen LogP contribution is -2.43. The summed E-state index contributed by atoms with van der Waals surface area (Å²) in [4.78, 5) is 58.8. The Morgan fingerprint density at radius 2 is 1.32 bits per heavy atom. The van der Waals surface area contributed by atoms with E-state index < -0.39 is 35.5 Å². The van der Waals surface area contributed by atoms with Gasteiger partial charge in [-0.2, -0.15) is 0 Å². The number of anilines is 2. The fourth-order valence-corrected chi connectivity index (χ4v) is 8.37. The molecule has 0 radical (unpaired) electrons. The van der Waals surface area contributed by atoms with E-state index in [1.54, 1.807) is 42.5 Å². The number of phenolic OH excluding ortho intramolecular Hbond substituents is 1. The Kier molecular flexibility index (Phi) is 7.54. The number of nitrogens with zero attached hydrogens (tertiary/aromatic N) is 2. The minimum atomic E-state index is -0.695. The van der Waals surface area contributed by atoms with Gasteiger partial charge in [0.05, 0.1) is 41.7 Å². The number of rotatable bonds is 5. The van der Waals surface area contributed by atoms with Crippen molar-refractivity contribution in [3.8, 4) is 11.5 Å². The first kappa shape index (κ1) is 29.5. The van der Waals surface area contributed by atoms with Crippen LogP contribution in [0.4, 0.5) is 11.4 Å². The van der Waals surface area contributed by atoms with E-state index in [1.165, 1.54) is 9.80 Å². The molecule has 2 aliphatic heterocycles. The molecule has 3 fully saturated rings. The highest BCUT2D eigenvalue weighted by atomic mass is 127. The van der Waals surface area contributed by atoms with Gasteiger partial charge in [-0.05, 0) is 137 Å². The fourth-order valence-electron chi connectivity index (χ4n) is 7.65. The number of ether oxygens (including phenoxy) is 1. The lowest BCUT2D eigenvalue weighted by Gasteiger charge is -2.44. The molecule has 2 heterocycles. The van der Waals surface area contributed by atoms with Gasteiger partial charge in [0.25, 0.3) is 0 Å². The molecule has 6 atom stereocenters. The number of amides is 4. The molecule has 3 aromatic carbocycles. The maximum atomic E-state index is 14.2. The number of benzene rings is 3. The normalized spacial score (nSPS) is 27.7. The number of phenols is 1. The molecule has 7 rings (SSSR count). The molecule has 0 bridgehead atoms. The number of carbonyl (C=O) groups is 4. The second-order valence-electron chi connectivity index (χ2n) is 11.7. The zero-order valence-corrected chi connectivity index (χ0v) is 28.0. The Labute approximate surface area is 281 Å². The molecular formula is C34H28I2N2O6. The van der Waals surface area contributed by atoms with Crippen molar-refractivity contribution in [3.63, 3.8) is 0 Å². The van der Waals surface area contributed by atoms with Crippen LogP contribution in [0.3, 0.4) is 0 Å². The summed E-state index contributed by atoms with van der Waals surface area (Å²) in [7, 11) is 0. The number of carbonyl (C=O) groups excluding carboxylic acids is 4. The molecule has 0 spiro atoms. The van der Waals surface area contributed by atoms with Gasteiger partial charge in [-0.25, -0.2) is 0 Å². The zero-order valence-electron chi connectivity index (χ0n) is 23.7. The summed E-state index contributed by atoms with van der Waals surface area (Å²) in [6.07, 6.45) is 2.69. The van der Waals surface area contributed by atoms with Crippen molar-refractivity contribution in [2.75, 3.05) is 16.4 Å². The molecule has 44 heavy (non-hydrogen) atoms. The molecule has 8 nitrogen and oxygen atoms in total. The molecule has 1 saturated carbocycles. The van der Waals surface area contributed by atoms with Gasteiger partial charge in [-0.3, -0.25) is 29.0 Å². The van der Waals surface area contributed by atoms with Crippen molar-refractivity contribution in [3.05, 3.63) is 91.1 Å². The van der Waals surface area contributed by atoms with Crippen molar-refractivity contribution in [2.45, 2.75) is 25.7 Å². The third-order valence-corrected chi connectivity index (χ3v) is 10.9. The number of hydrogen-bond donors (Lipinski definition) is 1. The van der Waals surface area contributed by atoms with Crippen LogP contribution >= 0.6 is 45.2 Å². The van der Waals surface area contributed by atoms with Crippen LogP contribution in [-0.4, -0.2) is 35.3 Å². The van der Waals surface area contributed by atoms with Crippen molar-refractivity contribution >= 4 is 80.2 Å². The predicted octanol–water partition coefficient (Wildman–Crippen LogP) is 6.05. The van der Waals surface area contributed by atoms with Crippen LogP contribution in [0.5, 0.6) is 11.5 Å². The molecule has 2 aliphatic carbocycles. The summed E-state index contributed by atoms with van der Waals surface area (Å²) >= 11 is 4.37. The van der Waals surface area contributed by atoms with Crippen LogP contribution in [0.25, 0.3) is 0 Å². The minimum Gasteiger partial charge on any atom is -0.504 e. The Morgan fingerprint density at radius 1 is 0.750 bits per heavy atom. The predicted molar refractivity (Wildman–Crippen MR) is 180 cm³/mol. The van der Waals surface area contributed by atoms with E-state index in [1.807, 2.05) is 37.3 Å². The first-order valence-corrected chi connectivity index (χ1v) is 16.8. The van der Waals surface area contributed by atoms with Crippen molar-refractivity contribution in [1.82, 2.24) is 0 Å². The van der Waals surface area contributed by atoms with Gasteiger partial charge in [0, 0.05) is 13.1 Å². The van der Waals surface area contributed by atoms with Crippen LogP contribution in [-0.2, 0) is 19.2 Å². The fraction of sp³-hybridized carbons (Fsp3) is 0.294. The van der Waals surface area contributed by atoms with Gasteiger partial charge < -0.3 is 9.84 Å². The van der Waals surface area contributed by atoms with Crippen molar-refractivity contribution in [2.24, 2.45) is 29.6 Å². The van der Waals surface area contributed by atoms with E-state index in [2.05, 4.69) is 45.2 Å². The second kappa shape index (κ2) is 11.3. The first-order valence-electron chi connectivity index (χ1n) is 14.6. The van der Waals surface area contributed by atoms with Gasteiger partial charge in [-0.15, -0.1) is 0 Å². The van der Waals surface area contributed by atoms with Gasteiger partial charge in [0.2, 0.25) is 23.6 Å². The molecule has 6 unspecified atom stereocenters. The van der Waals surface area contributed by atoms with Crippen LogP contribution in [0, 0.1) is 36.7 Å². The summed E-state index contributed by atoms with van der Waals surface area (Å²) < 4.78 is 7.68. The second-order valence-corrected chi connectivity index (χ2v) is 14.2. The molecule has 4 aliphatic rings. The van der Waals surface area contributed by atoms with E-state index in [4.69, 9.17) is 4.74 Å². The number of allylic oxidation sites excluding steroid dienone is 2. The van der Waals surface area contributed by atoms with Gasteiger partial charge in [0.1, 0.15) is 0 Å². The van der Waals surface area contributed by atoms with E-state index in [-0.39, 0.29) is 29.4 Å². The van der Waals surface area contributed by atoms with Crippen LogP contribution < -0.4 is 14.5 Å². The van der Waals surface area contributed by atoms with Crippen LogP contribution in [0.1, 0.15) is 31.2 Å². The minimum absolute atomic E-state index is 0.0173. The number of fused-ring (bicyclic) bond motifs is 4. The summed E-state index contributed by atoms with van der Waals surface area (Å²) in [5.74, 6) is -4.26. The largest absolute Gasteiger partial charge is 0.504 e. The van der Waals surface area contributed by atoms with E-state index in [0.29, 0.717) is 36.6 Å². The number of halogens is 2. The average molecular weight is 814 g/mol. The highest BCUT2D eigenvalue weighted by Crippen LogP contribution is 2.58. The van der Waals surface area contributed by atoms with E-state index in [9.17, 15) is 24.3 Å². The maximum absolute atomic E-state index is 14.2. The Balaban J connectivity index is 1.34. The van der Waals surface area contributed by atoms with Crippen LogP contribution in [0.15, 0.2) is 78.4 Å². The lowest BCUT2D eigenvalue weighted by atomic mass is 9.57. The molecule has 0 aromatic heterocycles. The van der Waals surface area contributed by atoms with Crippen LogP contribution in [0.2, 0.25) is 0 Å². The van der Waals surface area contributed by atoms with Gasteiger partial charge in [-0.1, -0.05) is 17.7 Å². The number of hydrogen-bond acceptors (Lipinski definition) is 6. The standard InChI is InChI=1S/C34H28I2N2O6/c1-2-44-27-15-17(3-14-26(27)39)28-22-12-13-23-29(33(42)37(31(23)40)20-8-4-18(35)5-9-20)24(22)16-25-30(28)34(43)38(32(25)41)21-10-6-19(36)7-11-21/h3-12,14-15,23-25,28-30,39H,2,13,16H2,1H3. The highest BCUT2D eigenvalue weighted by Gasteiger charge is 2.62. The summed E-state index contributed by atoms with van der Waals surface area (Å²) in [5, 5.41) is 10.5. The molecule has 224 valence electrons. The molecule has 10 heteroatoms. The SMILES string of the molecule is CCOc1cc(C2C3=CCC4C(=O)N(c5ccc(I)cc5)C(=O)C4C3CC3C(=O)N(c4ccc(I)cc4)C(=O)C32)ccc1O. The van der Waals surface area contributed by atoms with E-state index >= 15 is 0 Å². The maximum Gasteiger partial charge on any atom is 0.238 e. The molecule has 1 N–H and O–H groups in total. The zero-order chi connectivity index (χ0) is 30.9. The molecule has 2 saturated heterocycles. The number of imide groups is 2. The Morgan fingerprint density at radius 3 is 1.91 bits per heavy atom. The van der Waals surface area contributed by atoms with E-state index in [0.717, 1.165) is 18.3 Å². The Hall–Kier alpha value is -3.26. The third kappa shape index (κ3) is 4.58. The van der Waals surface area contributed by atoms with Crippen molar-refractivity contribution < 1.29 is 29.0 Å². The highest BCUT2D eigenvalue weighted by molar-refractivity contribution is 14.1. The first-order chi connectivity index (χ1) is 21.2. The number of aromatic hydroxyl groups is 1. The Bertz CT molecular complexity index is 1740. The molecule has 3 aromatic rings. The van der Waals surface area contributed by atoms with Gasteiger partial charge >= 0.3 is 0 Å². The topological polar surface area (TPSA) is 104 Å². The summed E-state index contributed by atoms with van der Waals surface area (Å²) in [6.45, 7) is 2.16. The molecular weight excluding hydrogens is 786 g/mol.